The van der Waals surface area contributed by atoms with Crippen molar-refractivity contribution in [1.29, 1.82) is 0 Å². The molecule has 0 bridgehead atoms. The number of hydrogen-bond donors (Lipinski definition) is 1. The SMILES string of the molecule is CC(=O)C1=C(C)N(c2ccc(C)cc2)C(=O)[C@]1(NC(=O)CN1CCCC1=O)C(F)(F)F. The first-order valence-corrected chi connectivity index (χ1v) is 9.69. The minimum atomic E-state index is -5.30. The van der Waals surface area contributed by atoms with Gasteiger partial charge in [-0.1, -0.05) is 17.7 Å². The zero-order valence-electron chi connectivity index (χ0n) is 17.3. The summed E-state index contributed by atoms with van der Waals surface area (Å²) in [5.74, 6) is -4.00. The number of hydrogen-bond acceptors (Lipinski definition) is 4. The number of carbonyl (C=O) groups excluding carboxylic acids is 4. The van der Waals surface area contributed by atoms with Crippen molar-refractivity contribution < 1.29 is 32.3 Å². The third-order valence-electron chi connectivity index (χ3n) is 5.50. The minimum absolute atomic E-state index is 0.141. The topological polar surface area (TPSA) is 86.8 Å². The number of likely N-dealkylation sites (tertiary alicyclic amines) is 1. The van der Waals surface area contributed by atoms with Crippen LogP contribution in [-0.2, 0) is 19.2 Å². The maximum atomic E-state index is 14.4. The van der Waals surface area contributed by atoms with E-state index in [9.17, 15) is 32.3 Å². The zero-order chi connectivity index (χ0) is 23.1. The molecule has 10 heteroatoms. The van der Waals surface area contributed by atoms with E-state index in [4.69, 9.17) is 0 Å². The summed E-state index contributed by atoms with van der Waals surface area (Å²) in [5.41, 5.74) is -3.62. The fourth-order valence-corrected chi connectivity index (χ4v) is 4.08. The molecular weight excluding hydrogens is 415 g/mol. The number of rotatable bonds is 5. The highest BCUT2D eigenvalue weighted by molar-refractivity contribution is 6.19. The van der Waals surface area contributed by atoms with Crippen molar-refractivity contribution in [3.63, 3.8) is 0 Å². The average Bonchev–Trinajstić information content (AvgIpc) is 3.15. The molecule has 166 valence electrons. The number of aryl methyl sites for hydroxylation is 1. The largest absolute Gasteiger partial charge is 0.425 e. The summed E-state index contributed by atoms with van der Waals surface area (Å²) < 4.78 is 43.3. The molecule has 1 saturated heterocycles. The van der Waals surface area contributed by atoms with Crippen molar-refractivity contribution in [3.8, 4) is 0 Å². The van der Waals surface area contributed by atoms with Gasteiger partial charge in [-0.15, -0.1) is 0 Å². The van der Waals surface area contributed by atoms with Gasteiger partial charge in [-0.3, -0.25) is 24.1 Å². The van der Waals surface area contributed by atoms with Gasteiger partial charge in [0.2, 0.25) is 17.4 Å². The van der Waals surface area contributed by atoms with Gasteiger partial charge < -0.3 is 10.2 Å². The summed E-state index contributed by atoms with van der Waals surface area (Å²) >= 11 is 0. The molecule has 0 aromatic heterocycles. The summed E-state index contributed by atoms with van der Waals surface area (Å²) in [7, 11) is 0. The number of benzene rings is 1. The normalized spacial score (nSPS) is 21.9. The van der Waals surface area contributed by atoms with E-state index < -0.39 is 41.4 Å². The number of alkyl halides is 3. The highest BCUT2D eigenvalue weighted by atomic mass is 19.4. The second kappa shape index (κ2) is 7.82. The molecule has 0 radical (unpaired) electrons. The molecule has 1 atom stereocenters. The first kappa shape index (κ1) is 22.5. The number of ketones is 1. The van der Waals surface area contributed by atoms with Gasteiger partial charge >= 0.3 is 6.18 Å². The van der Waals surface area contributed by atoms with E-state index >= 15 is 0 Å². The van der Waals surface area contributed by atoms with Gasteiger partial charge in [-0.25, -0.2) is 0 Å². The molecule has 31 heavy (non-hydrogen) atoms. The molecule has 2 aliphatic rings. The number of allylic oxidation sites excluding steroid dienone is 1. The van der Waals surface area contributed by atoms with Gasteiger partial charge in [0.25, 0.3) is 5.91 Å². The molecule has 1 aromatic rings. The van der Waals surface area contributed by atoms with Crippen LogP contribution in [0.3, 0.4) is 0 Å². The van der Waals surface area contributed by atoms with Crippen LogP contribution >= 0.6 is 0 Å². The predicted molar refractivity (Wildman–Crippen MR) is 105 cm³/mol. The Kier molecular flexibility index (Phi) is 5.68. The Balaban J connectivity index is 2.07. The Bertz CT molecular complexity index is 985. The first-order chi connectivity index (χ1) is 14.4. The van der Waals surface area contributed by atoms with Gasteiger partial charge in [0.15, 0.2) is 5.78 Å². The summed E-state index contributed by atoms with van der Waals surface area (Å²) in [4.78, 5) is 51.8. The highest BCUT2D eigenvalue weighted by Gasteiger charge is 2.70. The maximum absolute atomic E-state index is 14.4. The molecule has 0 aliphatic carbocycles. The molecule has 3 amide bonds. The number of amides is 3. The molecule has 2 heterocycles. The van der Waals surface area contributed by atoms with Gasteiger partial charge in [0.05, 0.1) is 12.1 Å². The number of Topliss-reactive ketones (excluding diaryl/α,β-unsaturated/α-hetero) is 1. The molecule has 0 unspecified atom stereocenters. The van der Waals surface area contributed by atoms with Crippen LogP contribution in [0.25, 0.3) is 0 Å². The average molecular weight is 437 g/mol. The van der Waals surface area contributed by atoms with E-state index in [0.29, 0.717) is 6.42 Å². The fourth-order valence-electron chi connectivity index (χ4n) is 4.08. The molecule has 0 spiro atoms. The quantitative estimate of drug-likeness (QED) is 0.766. The van der Waals surface area contributed by atoms with Crippen molar-refractivity contribution >= 4 is 29.2 Å². The molecule has 1 N–H and O–H groups in total. The lowest BCUT2D eigenvalue weighted by molar-refractivity contribution is -0.190. The number of anilines is 1. The van der Waals surface area contributed by atoms with Crippen LogP contribution in [0.1, 0.15) is 32.3 Å². The van der Waals surface area contributed by atoms with Crippen LogP contribution in [0.5, 0.6) is 0 Å². The third kappa shape index (κ3) is 3.70. The Morgan fingerprint density at radius 1 is 1.13 bits per heavy atom. The summed E-state index contributed by atoms with van der Waals surface area (Å²) in [6.45, 7) is 3.54. The van der Waals surface area contributed by atoms with E-state index in [2.05, 4.69) is 0 Å². The smallest absolute Gasteiger partial charge is 0.333 e. The predicted octanol–water partition coefficient (Wildman–Crippen LogP) is 2.24. The second-order valence-corrected chi connectivity index (χ2v) is 7.71. The third-order valence-corrected chi connectivity index (χ3v) is 5.50. The Labute approximate surface area is 176 Å². The number of halogens is 3. The molecule has 0 saturated carbocycles. The molecule has 3 rings (SSSR count). The van der Waals surface area contributed by atoms with Crippen molar-refractivity contribution in [3.05, 3.63) is 41.1 Å². The number of nitrogens with one attached hydrogen (secondary N) is 1. The van der Waals surface area contributed by atoms with E-state index in [0.717, 1.165) is 22.3 Å². The van der Waals surface area contributed by atoms with Crippen LogP contribution in [0.4, 0.5) is 18.9 Å². The van der Waals surface area contributed by atoms with Crippen LogP contribution < -0.4 is 10.2 Å². The number of carbonyl (C=O) groups is 4. The maximum Gasteiger partial charge on any atom is 0.425 e. The van der Waals surface area contributed by atoms with Crippen LogP contribution in [0.15, 0.2) is 35.5 Å². The molecule has 1 aromatic carbocycles. The van der Waals surface area contributed by atoms with Crippen LogP contribution in [-0.4, -0.2) is 53.2 Å². The second-order valence-electron chi connectivity index (χ2n) is 7.71. The lowest BCUT2D eigenvalue weighted by atomic mass is 9.87. The van der Waals surface area contributed by atoms with Gasteiger partial charge in [0.1, 0.15) is 0 Å². The zero-order valence-corrected chi connectivity index (χ0v) is 17.3. The highest BCUT2D eigenvalue weighted by Crippen LogP contribution is 2.46. The molecule has 2 aliphatic heterocycles. The van der Waals surface area contributed by atoms with Gasteiger partial charge in [0, 0.05) is 24.4 Å². The molecule has 7 nitrogen and oxygen atoms in total. The van der Waals surface area contributed by atoms with E-state index in [1.807, 2.05) is 0 Å². The van der Waals surface area contributed by atoms with Crippen molar-refractivity contribution in [2.45, 2.75) is 45.3 Å². The minimum Gasteiger partial charge on any atom is -0.333 e. The van der Waals surface area contributed by atoms with E-state index in [1.54, 1.807) is 24.4 Å². The van der Waals surface area contributed by atoms with Crippen LogP contribution in [0.2, 0.25) is 0 Å². The standard InChI is InChI=1S/C21H22F3N3O4/c1-12-6-8-15(9-7-12)27-13(2)18(14(3)28)20(19(27)31,21(22,23)24)25-16(29)11-26-10-4-5-17(26)30/h6-9H,4-5,10-11H2,1-3H3,(H,25,29)/t20-/m0/s1. The van der Waals surface area contributed by atoms with Crippen molar-refractivity contribution in [2.24, 2.45) is 0 Å². The fraction of sp³-hybridized carbons (Fsp3) is 0.429. The van der Waals surface area contributed by atoms with Crippen molar-refractivity contribution in [2.75, 3.05) is 18.0 Å². The Hall–Kier alpha value is -3.17. The first-order valence-electron chi connectivity index (χ1n) is 9.69. The lowest BCUT2D eigenvalue weighted by Crippen LogP contribution is -2.67. The van der Waals surface area contributed by atoms with E-state index in [-0.39, 0.29) is 30.3 Å². The summed E-state index contributed by atoms with van der Waals surface area (Å²) in [6, 6.07) is 6.17. The molecule has 1 fully saturated rings. The van der Waals surface area contributed by atoms with Crippen molar-refractivity contribution in [1.82, 2.24) is 10.2 Å². The monoisotopic (exact) mass is 437 g/mol. The summed E-state index contributed by atoms with van der Waals surface area (Å²) in [5, 5.41) is 1.77. The van der Waals surface area contributed by atoms with E-state index in [1.165, 1.54) is 19.1 Å². The number of nitrogens with zero attached hydrogens (tertiary/aromatic N) is 2. The van der Waals surface area contributed by atoms with Gasteiger partial charge in [-0.2, -0.15) is 13.2 Å². The Morgan fingerprint density at radius 3 is 2.23 bits per heavy atom. The van der Waals surface area contributed by atoms with Crippen LogP contribution in [0, 0.1) is 6.92 Å². The lowest BCUT2D eigenvalue weighted by Gasteiger charge is -2.33. The summed E-state index contributed by atoms with van der Waals surface area (Å²) in [6.07, 6.45) is -4.60. The Morgan fingerprint density at radius 2 is 1.74 bits per heavy atom. The molecular formula is C21H22F3N3O4. The van der Waals surface area contributed by atoms with Gasteiger partial charge in [-0.05, 0) is 39.3 Å².